The molecule has 23 heavy (non-hydrogen) atoms. The van der Waals surface area contributed by atoms with Crippen molar-refractivity contribution in [1.29, 1.82) is 0 Å². The maximum Gasteiger partial charge on any atom is 0.271 e. The van der Waals surface area contributed by atoms with Gasteiger partial charge < -0.3 is 4.74 Å². The summed E-state index contributed by atoms with van der Waals surface area (Å²) < 4.78 is 5.47. The Hall–Kier alpha value is -2.04. The van der Waals surface area contributed by atoms with E-state index in [2.05, 4.69) is 10.5 Å². The third kappa shape index (κ3) is 5.27. The zero-order valence-corrected chi connectivity index (χ0v) is 14.1. The van der Waals surface area contributed by atoms with Crippen molar-refractivity contribution in [1.82, 2.24) is 5.43 Å². The molecule has 0 heterocycles. The number of amides is 1. The molecule has 0 aliphatic rings. The molecule has 1 N–H and O–H groups in total. The van der Waals surface area contributed by atoms with Gasteiger partial charge in [-0.15, -0.1) is 0 Å². The number of carbonyl (C=O) groups is 1. The number of carbonyl (C=O) groups excluding carboxylic acids is 1. The van der Waals surface area contributed by atoms with Crippen LogP contribution in [0.5, 0.6) is 5.75 Å². The fourth-order valence-electron chi connectivity index (χ4n) is 1.75. The minimum atomic E-state index is -0.302. The number of halogens is 2. The first-order valence-electron chi connectivity index (χ1n) is 7.11. The molecule has 0 atom stereocenters. The Bertz CT molecular complexity index is 700. The smallest absolute Gasteiger partial charge is 0.271 e. The van der Waals surface area contributed by atoms with Crippen molar-refractivity contribution in [2.75, 3.05) is 6.61 Å². The molecule has 0 aliphatic carbocycles. The van der Waals surface area contributed by atoms with Crippen LogP contribution in [0, 0.1) is 0 Å². The van der Waals surface area contributed by atoms with Gasteiger partial charge in [-0.1, -0.05) is 36.2 Å². The summed E-state index contributed by atoms with van der Waals surface area (Å²) in [5.41, 5.74) is 3.70. The summed E-state index contributed by atoms with van der Waals surface area (Å²) in [6.07, 6.45) is 2.44. The quantitative estimate of drug-likeness (QED) is 0.613. The van der Waals surface area contributed by atoms with Crippen LogP contribution in [0.2, 0.25) is 10.0 Å². The van der Waals surface area contributed by atoms with Crippen molar-refractivity contribution >= 4 is 35.3 Å². The van der Waals surface area contributed by atoms with E-state index in [4.69, 9.17) is 27.9 Å². The van der Waals surface area contributed by atoms with Gasteiger partial charge in [0.25, 0.3) is 5.91 Å². The van der Waals surface area contributed by atoms with Gasteiger partial charge in [-0.2, -0.15) is 5.10 Å². The second kappa shape index (κ2) is 8.56. The van der Waals surface area contributed by atoms with E-state index in [1.807, 2.05) is 6.92 Å². The molecule has 1 amide bonds. The highest BCUT2D eigenvalue weighted by atomic mass is 35.5. The van der Waals surface area contributed by atoms with E-state index in [0.29, 0.717) is 22.2 Å². The maximum atomic E-state index is 12.0. The Morgan fingerprint density at radius 2 is 1.91 bits per heavy atom. The van der Waals surface area contributed by atoms with Crippen molar-refractivity contribution in [3.8, 4) is 5.75 Å². The van der Waals surface area contributed by atoms with Crippen LogP contribution < -0.4 is 10.2 Å². The zero-order valence-electron chi connectivity index (χ0n) is 12.6. The fourth-order valence-corrected chi connectivity index (χ4v) is 2.05. The van der Waals surface area contributed by atoms with Crippen LogP contribution in [-0.4, -0.2) is 18.7 Å². The summed E-state index contributed by atoms with van der Waals surface area (Å²) in [6, 6.07) is 12.0. The number of hydrazone groups is 1. The number of hydrogen-bond acceptors (Lipinski definition) is 3. The summed E-state index contributed by atoms with van der Waals surface area (Å²) in [7, 11) is 0. The molecular weight excluding hydrogens is 335 g/mol. The molecule has 0 saturated carbocycles. The minimum absolute atomic E-state index is 0.302. The maximum absolute atomic E-state index is 12.0. The van der Waals surface area contributed by atoms with Crippen molar-refractivity contribution in [3.05, 3.63) is 63.6 Å². The third-order valence-electron chi connectivity index (χ3n) is 2.91. The van der Waals surface area contributed by atoms with E-state index >= 15 is 0 Å². The van der Waals surface area contributed by atoms with Crippen LogP contribution in [-0.2, 0) is 0 Å². The Labute approximate surface area is 145 Å². The first-order chi connectivity index (χ1) is 11.1. The lowest BCUT2D eigenvalue weighted by molar-refractivity contribution is 0.0955. The van der Waals surface area contributed by atoms with E-state index in [-0.39, 0.29) is 5.91 Å². The molecule has 0 saturated heterocycles. The van der Waals surface area contributed by atoms with Crippen LogP contribution >= 0.6 is 23.2 Å². The normalized spacial score (nSPS) is 10.7. The topological polar surface area (TPSA) is 50.7 Å². The van der Waals surface area contributed by atoms with Crippen LogP contribution in [0.3, 0.4) is 0 Å². The molecule has 4 nitrogen and oxygen atoms in total. The second-order valence-electron chi connectivity index (χ2n) is 4.75. The largest absolute Gasteiger partial charge is 0.494 e. The van der Waals surface area contributed by atoms with Crippen molar-refractivity contribution in [3.63, 3.8) is 0 Å². The van der Waals surface area contributed by atoms with Gasteiger partial charge in [-0.05, 0) is 48.4 Å². The molecule has 0 aliphatic heterocycles. The summed E-state index contributed by atoms with van der Waals surface area (Å²) in [4.78, 5) is 12.0. The molecular formula is C17H16Cl2N2O2. The van der Waals surface area contributed by atoms with Crippen molar-refractivity contribution in [2.24, 2.45) is 5.10 Å². The number of rotatable bonds is 6. The highest BCUT2D eigenvalue weighted by Gasteiger charge is 2.04. The average Bonchev–Trinajstić information content (AvgIpc) is 2.56. The Balaban J connectivity index is 1.93. The third-order valence-corrected chi connectivity index (χ3v) is 3.65. The fraction of sp³-hybridized carbons (Fsp3) is 0.176. The van der Waals surface area contributed by atoms with Crippen molar-refractivity contribution in [2.45, 2.75) is 13.3 Å². The molecule has 120 valence electrons. The van der Waals surface area contributed by atoms with E-state index in [0.717, 1.165) is 17.7 Å². The number of hydrogen-bond donors (Lipinski definition) is 1. The van der Waals surface area contributed by atoms with Crippen LogP contribution in [0.4, 0.5) is 0 Å². The van der Waals surface area contributed by atoms with Gasteiger partial charge in [0.1, 0.15) is 5.75 Å². The molecule has 6 heteroatoms. The van der Waals surface area contributed by atoms with E-state index < -0.39 is 0 Å². The Morgan fingerprint density at radius 3 is 2.57 bits per heavy atom. The highest BCUT2D eigenvalue weighted by Crippen LogP contribution is 2.21. The van der Waals surface area contributed by atoms with Gasteiger partial charge in [0.2, 0.25) is 0 Å². The highest BCUT2D eigenvalue weighted by molar-refractivity contribution is 6.42. The van der Waals surface area contributed by atoms with Crippen LogP contribution in [0.15, 0.2) is 47.6 Å². The number of ether oxygens (including phenoxy) is 1. The number of benzene rings is 2. The number of nitrogens with one attached hydrogen (secondary N) is 1. The molecule has 2 aromatic carbocycles. The lowest BCUT2D eigenvalue weighted by Crippen LogP contribution is -2.17. The zero-order chi connectivity index (χ0) is 16.7. The van der Waals surface area contributed by atoms with Gasteiger partial charge in [0.15, 0.2) is 0 Å². The molecule has 0 spiro atoms. The monoisotopic (exact) mass is 350 g/mol. The first kappa shape index (κ1) is 17.3. The molecule has 0 fully saturated rings. The van der Waals surface area contributed by atoms with Gasteiger partial charge >= 0.3 is 0 Å². The molecule has 0 aromatic heterocycles. The standard InChI is InChI=1S/C17H16Cl2N2O2/c1-2-9-23-14-6-4-13(5-7-14)17(22)21-20-11-12-3-8-15(18)16(19)10-12/h3-8,10-11H,2,9H2,1H3,(H,21,22)/b20-11-. The molecule has 0 bridgehead atoms. The van der Waals surface area contributed by atoms with Gasteiger partial charge in [-0.3, -0.25) is 4.79 Å². The summed E-state index contributed by atoms with van der Waals surface area (Å²) in [5, 5.41) is 4.81. The second-order valence-corrected chi connectivity index (χ2v) is 5.56. The lowest BCUT2D eigenvalue weighted by atomic mass is 10.2. The Morgan fingerprint density at radius 1 is 1.17 bits per heavy atom. The number of nitrogens with zero attached hydrogens (tertiary/aromatic N) is 1. The predicted molar refractivity (Wildman–Crippen MR) is 93.8 cm³/mol. The van der Waals surface area contributed by atoms with Crippen LogP contribution in [0.25, 0.3) is 0 Å². The molecule has 0 unspecified atom stereocenters. The average molecular weight is 351 g/mol. The SMILES string of the molecule is CCCOc1ccc(C(=O)N/N=C\c2ccc(Cl)c(Cl)c2)cc1. The molecule has 2 aromatic rings. The van der Waals surface area contributed by atoms with Gasteiger partial charge in [0.05, 0.1) is 22.9 Å². The van der Waals surface area contributed by atoms with E-state index in [9.17, 15) is 4.79 Å². The lowest BCUT2D eigenvalue weighted by Gasteiger charge is -2.05. The summed E-state index contributed by atoms with van der Waals surface area (Å²) in [5.74, 6) is 0.436. The van der Waals surface area contributed by atoms with E-state index in [1.165, 1.54) is 6.21 Å². The van der Waals surface area contributed by atoms with Crippen LogP contribution in [0.1, 0.15) is 29.3 Å². The molecule has 0 radical (unpaired) electrons. The molecule has 2 rings (SSSR count). The van der Waals surface area contributed by atoms with Gasteiger partial charge in [-0.25, -0.2) is 5.43 Å². The Kier molecular flexibility index (Phi) is 6.44. The predicted octanol–water partition coefficient (Wildman–Crippen LogP) is 4.55. The van der Waals surface area contributed by atoms with Crippen molar-refractivity contribution < 1.29 is 9.53 Å². The summed E-state index contributed by atoms with van der Waals surface area (Å²) in [6.45, 7) is 2.69. The van der Waals surface area contributed by atoms with Gasteiger partial charge in [0, 0.05) is 5.56 Å². The van der Waals surface area contributed by atoms with E-state index in [1.54, 1.807) is 42.5 Å². The minimum Gasteiger partial charge on any atom is -0.494 e. The first-order valence-corrected chi connectivity index (χ1v) is 7.87. The summed E-state index contributed by atoms with van der Waals surface area (Å²) >= 11 is 11.7.